The van der Waals surface area contributed by atoms with E-state index in [4.69, 9.17) is 4.74 Å². The molecule has 2 saturated heterocycles. The molecule has 0 spiro atoms. The van der Waals surface area contributed by atoms with Gasteiger partial charge in [-0.15, -0.1) is 0 Å². The first kappa shape index (κ1) is 20.4. The number of hydrogen-bond donors (Lipinski definition) is 1. The van der Waals surface area contributed by atoms with Crippen LogP contribution in [0.3, 0.4) is 0 Å². The number of fused-ring (bicyclic) bond motifs is 1. The van der Waals surface area contributed by atoms with Crippen molar-refractivity contribution in [1.29, 1.82) is 0 Å². The second-order valence-corrected chi connectivity index (χ2v) is 8.17. The number of halogens is 1. The first-order valence-corrected chi connectivity index (χ1v) is 10.7. The van der Waals surface area contributed by atoms with Crippen LogP contribution in [0.4, 0.5) is 4.39 Å². The van der Waals surface area contributed by atoms with Gasteiger partial charge in [-0.2, -0.15) is 0 Å². The molecule has 6 heteroatoms. The topological polar surface area (TPSA) is 66.8 Å². The predicted octanol–water partition coefficient (Wildman–Crippen LogP) is 4.58. The average molecular weight is 431 g/mol. The number of ketones is 1. The summed E-state index contributed by atoms with van der Waals surface area (Å²) < 4.78 is 20.5. The maximum absolute atomic E-state index is 14.8. The highest BCUT2D eigenvalue weighted by Gasteiger charge is 2.47. The zero-order chi connectivity index (χ0) is 22.2. The number of aliphatic hydroxyl groups is 1. The Balaban J connectivity index is 1.65. The molecule has 2 heterocycles. The molecule has 2 aliphatic rings. The van der Waals surface area contributed by atoms with Gasteiger partial charge in [-0.1, -0.05) is 54.6 Å². The molecule has 0 radical (unpaired) electrons. The minimum atomic E-state index is -1.02. The van der Waals surface area contributed by atoms with Crippen LogP contribution in [-0.4, -0.2) is 41.0 Å². The number of carbonyl (C=O) groups is 2. The van der Waals surface area contributed by atoms with Gasteiger partial charge in [0.2, 0.25) is 0 Å². The summed E-state index contributed by atoms with van der Waals surface area (Å²) >= 11 is 0. The number of benzene rings is 3. The molecule has 5 rings (SSSR count). The Morgan fingerprint density at radius 3 is 2.53 bits per heavy atom. The van der Waals surface area contributed by atoms with Gasteiger partial charge in [0.1, 0.15) is 11.6 Å². The van der Waals surface area contributed by atoms with Crippen molar-refractivity contribution >= 4 is 28.2 Å². The van der Waals surface area contributed by atoms with Gasteiger partial charge in [0, 0.05) is 24.3 Å². The Labute approximate surface area is 184 Å². The largest absolute Gasteiger partial charge is 0.507 e. The van der Waals surface area contributed by atoms with Gasteiger partial charge in [0.25, 0.3) is 11.7 Å². The quantitative estimate of drug-likeness (QED) is 0.373. The molecule has 3 aromatic carbocycles. The van der Waals surface area contributed by atoms with E-state index < -0.39 is 23.5 Å². The molecule has 32 heavy (non-hydrogen) atoms. The van der Waals surface area contributed by atoms with E-state index in [1.54, 1.807) is 30.3 Å². The van der Waals surface area contributed by atoms with Crippen molar-refractivity contribution in [3.8, 4) is 0 Å². The zero-order valence-electron chi connectivity index (χ0n) is 17.3. The number of rotatable bonds is 4. The van der Waals surface area contributed by atoms with E-state index in [9.17, 15) is 19.1 Å². The van der Waals surface area contributed by atoms with E-state index in [0.29, 0.717) is 12.2 Å². The summed E-state index contributed by atoms with van der Waals surface area (Å²) in [7, 11) is 0. The fourth-order valence-corrected chi connectivity index (χ4v) is 4.59. The van der Waals surface area contributed by atoms with Crippen molar-refractivity contribution in [2.45, 2.75) is 25.0 Å². The van der Waals surface area contributed by atoms with Crippen LogP contribution < -0.4 is 0 Å². The van der Waals surface area contributed by atoms with Crippen molar-refractivity contribution in [3.05, 3.63) is 89.2 Å². The van der Waals surface area contributed by atoms with Crippen LogP contribution in [0, 0.1) is 5.82 Å². The van der Waals surface area contributed by atoms with E-state index >= 15 is 0 Å². The highest BCUT2D eigenvalue weighted by molar-refractivity contribution is 6.46. The standard InChI is InChI=1S/C26H22FNO4/c27-21-10-4-3-9-20(21)23-22(25(30)26(31)28(23)15-19-8-5-13-32-19)24(29)18-12-11-16-6-1-2-7-17(16)14-18/h1-4,6-7,9-12,14,19,23,29H,5,8,13,15H2/b24-22+. The van der Waals surface area contributed by atoms with Crippen LogP contribution >= 0.6 is 0 Å². The number of ether oxygens (including phenoxy) is 1. The van der Waals surface area contributed by atoms with Gasteiger partial charge in [-0.05, 0) is 35.7 Å². The molecule has 2 atom stereocenters. The lowest BCUT2D eigenvalue weighted by Gasteiger charge is -2.27. The minimum absolute atomic E-state index is 0.103. The molecule has 1 N–H and O–H groups in total. The third-order valence-electron chi connectivity index (χ3n) is 6.19. The maximum Gasteiger partial charge on any atom is 0.295 e. The number of Topliss-reactive ketones (excluding diaryl/α,β-unsaturated/α-hetero) is 1. The maximum atomic E-state index is 14.8. The van der Waals surface area contributed by atoms with Crippen LogP contribution in [0.2, 0.25) is 0 Å². The van der Waals surface area contributed by atoms with E-state index in [2.05, 4.69) is 0 Å². The highest BCUT2D eigenvalue weighted by atomic mass is 19.1. The Morgan fingerprint density at radius 1 is 1.03 bits per heavy atom. The second-order valence-electron chi connectivity index (χ2n) is 8.17. The van der Waals surface area contributed by atoms with Crippen molar-refractivity contribution < 1.29 is 23.8 Å². The molecule has 2 unspecified atom stereocenters. The molecule has 2 aliphatic heterocycles. The van der Waals surface area contributed by atoms with Crippen LogP contribution in [0.1, 0.15) is 30.0 Å². The zero-order valence-corrected chi connectivity index (χ0v) is 17.3. The Bertz CT molecular complexity index is 1250. The normalized spacial score (nSPS) is 22.7. The lowest BCUT2D eigenvalue weighted by atomic mass is 9.94. The molecule has 0 aromatic heterocycles. The molecule has 2 fully saturated rings. The Hall–Kier alpha value is -3.51. The Kier molecular flexibility index (Phi) is 5.23. The number of aliphatic hydroxyl groups excluding tert-OH is 1. The van der Waals surface area contributed by atoms with Crippen molar-refractivity contribution in [1.82, 2.24) is 4.90 Å². The smallest absolute Gasteiger partial charge is 0.295 e. The van der Waals surface area contributed by atoms with Crippen molar-refractivity contribution in [2.75, 3.05) is 13.2 Å². The summed E-state index contributed by atoms with van der Waals surface area (Å²) in [6, 6.07) is 17.9. The SMILES string of the molecule is O=C1C(=O)N(CC2CCCO2)C(c2ccccc2F)/C1=C(\O)c1ccc2ccccc2c1. The molecule has 0 aliphatic carbocycles. The number of nitrogens with zero attached hydrogens (tertiary/aromatic N) is 1. The van der Waals surface area contributed by atoms with Crippen LogP contribution in [0.5, 0.6) is 0 Å². The summed E-state index contributed by atoms with van der Waals surface area (Å²) in [5, 5.41) is 13.1. The molecular weight excluding hydrogens is 409 g/mol. The molecule has 3 aromatic rings. The fourth-order valence-electron chi connectivity index (χ4n) is 4.59. The van der Waals surface area contributed by atoms with Crippen molar-refractivity contribution in [3.63, 3.8) is 0 Å². The second kappa shape index (κ2) is 8.20. The lowest BCUT2D eigenvalue weighted by molar-refractivity contribution is -0.140. The van der Waals surface area contributed by atoms with Crippen molar-refractivity contribution in [2.24, 2.45) is 0 Å². The molecule has 162 valence electrons. The summed E-state index contributed by atoms with van der Waals surface area (Å²) in [5.74, 6) is -2.42. The van der Waals surface area contributed by atoms with Gasteiger partial charge in [-0.25, -0.2) is 4.39 Å². The summed E-state index contributed by atoms with van der Waals surface area (Å²) in [6.07, 6.45) is 1.41. The van der Waals surface area contributed by atoms with E-state index in [-0.39, 0.29) is 29.5 Å². The molecule has 5 nitrogen and oxygen atoms in total. The number of amides is 1. The third kappa shape index (κ3) is 3.46. The monoisotopic (exact) mass is 431 g/mol. The minimum Gasteiger partial charge on any atom is -0.507 e. The molecular formula is C26H22FNO4. The lowest BCUT2D eigenvalue weighted by Crippen LogP contribution is -2.36. The van der Waals surface area contributed by atoms with E-state index in [0.717, 1.165) is 23.6 Å². The fraction of sp³-hybridized carbons (Fsp3) is 0.231. The number of hydrogen-bond acceptors (Lipinski definition) is 4. The molecule has 0 bridgehead atoms. The van der Waals surface area contributed by atoms with Gasteiger partial charge >= 0.3 is 0 Å². The van der Waals surface area contributed by atoms with E-state index in [1.807, 2.05) is 30.3 Å². The summed E-state index contributed by atoms with van der Waals surface area (Å²) in [4.78, 5) is 27.4. The van der Waals surface area contributed by atoms with Gasteiger partial charge in [0.15, 0.2) is 0 Å². The van der Waals surface area contributed by atoms with Gasteiger partial charge in [0.05, 0.1) is 17.7 Å². The first-order valence-electron chi connectivity index (χ1n) is 10.7. The summed E-state index contributed by atoms with van der Waals surface area (Å²) in [6.45, 7) is 0.758. The van der Waals surface area contributed by atoms with Crippen LogP contribution in [0.15, 0.2) is 72.3 Å². The third-order valence-corrected chi connectivity index (χ3v) is 6.19. The predicted molar refractivity (Wildman–Crippen MR) is 118 cm³/mol. The van der Waals surface area contributed by atoms with Gasteiger partial charge < -0.3 is 14.7 Å². The van der Waals surface area contributed by atoms with Crippen LogP contribution in [0.25, 0.3) is 16.5 Å². The molecule has 0 saturated carbocycles. The summed E-state index contributed by atoms with van der Waals surface area (Å²) in [5.41, 5.74) is 0.473. The average Bonchev–Trinajstić information content (AvgIpc) is 3.41. The van der Waals surface area contributed by atoms with Crippen LogP contribution in [-0.2, 0) is 14.3 Å². The van der Waals surface area contributed by atoms with Gasteiger partial charge in [-0.3, -0.25) is 9.59 Å². The molecule has 1 amide bonds. The van der Waals surface area contributed by atoms with E-state index in [1.165, 1.54) is 11.0 Å². The number of carbonyl (C=O) groups excluding carboxylic acids is 2. The Morgan fingerprint density at radius 2 is 1.78 bits per heavy atom. The number of likely N-dealkylation sites (tertiary alicyclic amines) is 1. The first-order chi connectivity index (χ1) is 15.5. The highest BCUT2D eigenvalue weighted by Crippen LogP contribution is 2.41.